The molecule has 3 aromatic carbocycles. The van der Waals surface area contributed by atoms with E-state index >= 15 is 0 Å². The summed E-state index contributed by atoms with van der Waals surface area (Å²) in [5.41, 5.74) is 3.42. The van der Waals surface area contributed by atoms with E-state index in [0.29, 0.717) is 13.0 Å². The van der Waals surface area contributed by atoms with Crippen LogP contribution in [0.3, 0.4) is 0 Å². The van der Waals surface area contributed by atoms with E-state index in [1.807, 2.05) is 12.1 Å². The van der Waals surface area contributed by atoms with Crippen LogP contribution in [0.5, 0.6) is 0 Å². The van der Waals surface area contributed by atoms with Gasteiger partial charge in [0.05, 0.1) is 11.1 Å². The van der Waals surface area contributed by atoms with E-state index in [4.69, 9.17) is 0 Å². The number of hydrogen-bond donors (Lipinski definition) is 1. The van der Waals surface area contributed by atoms with E-state index in [1.54, 1.807) is 11.3 Å². The molecule has 5 nitrogen and oxygen atoms in total. The van der Waals surface area contributed by atoms with Crippen LogP contribution >= 0.6 is 11.3 Å². The van der Waals surface area contributed by atoms with Crippen molar-refractivity contribution in [3.63, 3.8) is 0 Å². The van der Waals surface area contributed by atoms with Gasteiger partial charge in [0.2, 0.25) is 5.52 Å². The molecule has 0 aliphatic heterocycles. The molecule has 0 amide bonds. The van der Waals surface area contributed by atoms with Crippen LogP contribution in [0.2, 0.25) is 0 Å². The third-order valence-corrected chi connectivity index (χ3v) is 7.76. The maximum Gasteiger partial charge on any atom is 0.265 e. The van der Waals surface area contributed by atoms with Gasteiger partial charge in [0, 0.05) is 31.3 Å². The van der Waals surface area contributed by atoms with Crippen molar-refractivity contribution in [3.05, 3.63) is 71.2 Å². The van der Waals surface area contributed by atoms with E-state index in [1.165, 1.54) is 5.69 Å². The number of rotatable bonds is 9. The Morgan fingerprint density at radius 2 is 1.70 bits per heavy atom. The molecule has 0 atom stereocenters. The van der Waals surface area contributed by atoms with Gasteiger partial charge in [-0.15, -0.1) is 0 Å². The molecule has 0 spiro atoms. The SMILES string of the molecule is CCN(CC)c1ccc(/C=C/c2sc3ccc4ccccc4c3[n+]2CCCS(=O)(=O)O)cc1. The van der Waals surface area contributed by atoms with E-state index in [9.17, 15) is 13.0 Å². The summed E-state index contributed by atoms with van der Waals surface area (Å²) in [6, 6.07) is 21.0. The molecule has 0 saturated heterocycles. The Labute approximate surface area is 199 Å². The Kier molecular flexibility index (Phi) is 7.12. The topological polar surface area (TPSA) is 61.5 Å². The molecule has 0 radical (unpaired) electrons. The highest BCUT2D eigenvalue weighted by Gasteiger charge is 2.21. The van der Waals surface area contributed by atoms with Crippen LogP contribution in [-0.2, 0) is 16.7 Å². The summed E-state index contributed by atoms with van der Waals surface area (Å²) in [4.78, 5) is 2.31. The van der Waals surface area contributed by atoms with Gasteiger partial charge in [-0.2, -0.15) is 13.0 Å². The van der Waals surface area contributed by atoms with E-state index < -0.39 is 10.1 Å². The number of nitrogens with zero attached hydrogens (tertiary/aromatic N) is 2. The van der Waals surface area contributed by atoms with Crippen LogP contribution < -0.4 is 9.47 Å². The smallest absolute Gasteiger partial charge is 0.265 e. The van der Waals surface area contributed by atoms with Crippen LogP contribution in [0.15, 0.2) is 60.7 Å². The number of aryl methyl sites for hydroxylation is 1. The molecule has 4 rings (SSSR count). The van der Waals surface area contributed by atoms with Gasteiger partial charge in [0.1, 0.15) is 4.70 Å². The fourth-order valence-electron chi connectivity index (χ4n) is 4.18. The second-order valence-corrected chi connectivity index (χ2v) is 10.6. The second-order valence-electron chi connectivity index (χ2n) is 7.96. The first-order valence-corrected chi connectivity index (χ1v) is 13.6. The Bertz CT molecular complexity index is 1390. The lowest BCUT2D eigenvalue weighted by Crippen LogP contribution is -2.36. The summed E-state index contributed by atoms with van der Waals surface area (Å²) in [7, 11) is -3.99. The maximum absolute atomic E-state index is 11.3. The lowest BCUT2D eigenvalue weighted by atomic mass is 10.1. The summed E-state index contributed by atoms with van der Waals surface area (Å²) < 4.78 is 35.1. The van der Waals surface area contributed by atoms with Crippen molar-refractivity contribution in [3.8, 4) is 0 Å². The van der Waals surface area contributed by atoms with Crippen molar-refractivity contribution in [2.24, 2.45) is 0 Å². The molecule has 172 valence electrons. The first-order chi connectivity index (χ1) is 15.9. The van der Waals surface area contributed by atoms with Crippen LogP contribution in [-0.4, -0.2) is 31.8 Å². The quantitative estimate of drug-likeness (QED) is 0.248. The predicted octanol–water partition coefficient (Wildman–Crippen LogP) is 5.64. The van der Waals surface area contributed by atoms with E-state index in [2.05, 4.69) is 84.0 Å². The van der Waals surface area contributed by atoms with Crippen molar-refractivity contribution < 1.29 is 17.5 Å². The predicted molar refractivity (Wildman–Crippen MR) is 139 cm³/mol. The number of thiazole rings is 1. The minimum absolute atomic E-state index is 0.252. The summed E-state index contributed by atoms with van der Waals surface area (Å²) >= 11 is 1.69. The standard InChI is InChI=1S/C26H28N2O3S2/c1-3-27(4-2)22-14-10-20(11-15-22)12-17-25-28(18-7-19-33(29,30)31)26-23-9-6-5-8-21(23)13-16-24(26)32-25/h5-6,8-17H,3-4,7,18-19H2,1-2H3/p+1. The second kappa shape index (κ2) is 10.0. The average molecular weight is 482 g/mol. The highest BCUT2D eigenvalue weighted by atomic mass is 32.2. The molecular formula is C26H29N2O3S2+. The summed E-state index contributed by atoms with van der Waals surface area (Å²) in [5, 5.41) is 3.33. The molecule has 0 saturated carbocycles. The molecule has 0 unspecified atom stereocenters. The molecule has 1 heterocycles. The minimum atomic E-state index is -3.99. The number of anilines is 1. The monoisotopic (exact) mass is 481 g/mol. The molecule has 0 bridgehead atoms. The van der Waals surface area contributed by atoms with Gasteiger partial charge in [-0.25, -0.2) is 0 Å². The van der Waals surface area contributed by atoms with E-state index in [-0.39, 0.29) is 5.75 Å². The maximum atomic E-state index is 11.3. The van der Waals surface area contributed by atoms with Crippen molar-refractivity contribution in [1.82, 2.24) is 0 Å². The molecule has 1 N–H and O–H groups in total. The Balaban J connectivity index is 1.71. The molecule has 0 aliphatic rings. The largest absolute Gasteiger partial charge is 0.372 e. The Morgan fingerprint density at radius 1 is 0.970 bits per heavy atom. The summed E-state index contributed by atoms with van der Waals surface area (Å²) in [6.07, 6.45) is 4.54. The highest BCUT2D eigenvalue weighted by Crippen LogP contribution is 2.29. The fourth-order valence-corrected chi connectivity index (χ4v) is 5.78. The number of fused-ring (bicyclic) bond motifs is 3. The molecule has 0 fully saturated rings. The summed E-state index contributed by atoms with van der Waals surface area (Å²) in [5.74, 6) is -0.252. The van der Waals surface area contributed by atoms with Gasteiger partial charge in [0.25, 0.3) is 15.1 Å². The first-order valence-electron chi connectivity index (χ1n) is 11.2. The zero-order valence-corrected chi connectivity index (χ0v) is 20.6. The Hall–Kier alpha value is -2.74. The van der Waals surface area contributed by atoms with Gasteiger partial charge < -0.3 is 4.90 Å². The zero-order chi connectivity index (χ0) is 23.4. The van der Waals surface area contributed by atoms with Crippen molar-refractivity contribution in [2.75, 3.05) is 23.7 Å². The first kappa shape index (κ1) is 23.4. The van der Waals surface area contributed by atoms with Crippen LogP contribution in [0.4, 0.5) is 5.69 Å². The molecule has 0 aliphatic carbocycles. The number of hydrogen-bond acceptors (Lipinski definition) is 4. The summed E-state index contributed by atoms with van der Waals surface area (Å²) in [6.45, 7) is 6.77. The van der Waals surface area contributed by atoms with Crippen LogP contribution in [0.1, 0.15) is 30.8 Å². The zero-order valence-electron chi connectivity index (χ0n) is 18.9. The minimum Gasteiger partial charge on any atom is -0.372 e. The average Bonchev–Trinajstić information content (AvgIpc) is 3.16. The van der Waals surface area contributed by atoms with Crippen LogP contribution in [0.25, 0.3) is 33.1 Å². The molecule has 1 aromatic heterocycles. The molecular weight excluding hydrogens is 452 g/mol. The van der Waals surface area contributed by atoms with E-state index in [0.717, 1.165) is 44.6 Å². The number of aromatic nitrogens is 1. The third-order valence-electron chi connectivity index (χ3n) is 5.84. The molecule has 4 aromatic rings. The Morgan fingerprint density at radius 3 is 2.39 bits per heavy atom. The lowest BCUT2D eigenvalue weighted by molar-refractivity contribution is -0.667. The van der Waals surface area contributed by atoms with Crippen LogP contribution in [0, 0.1) is 0 Å². The molecule has 33 heavy (non-hydrogen) atoms. The lowest BCUT2D eigenvalue weighted by Gasteiger charge is -2.20. The van der Waals surface area contributed by atoms with Gasteiger partial charge in [-0.3, -0.25) is 4.55 Å². The third kappa shape index (κ3) is 5.43. The van der Waals surface area contributed by atoms with Gasteiger partial charge in [-0.1, -0.05) is 47.7 Å². The normalized spacial score (nSPS) is 12.2. The van der Waals surface area contributed by atoms with Gasteiger partial charge in [0.15, 0.2) is 6.54 Å². The van der Waals surface area contributed by atoms with Crippen molar-refractivity contribution in [1.29, 1.82) is 0 Å². The van der Waals surface area contributed by atoms with Gasteiger partial charge >= 0.3 is 0 Å². The molecule has 7 heteroatoms. The van der Waals surface area contributed by atoms with Crippen molar-refractivity contribution in [2.45, 2.75) is 26.8 Å². The number of benzene rings is 3. The highest BCUT2D eigenvalue weighted by molar-refractivity contribution is 7.85. The van der Waals surface area contributed by atoms with Gasteiger partial charge in [-0.05, 0) is 55.1 Å². The van der Waals surface area contributed by atoms with Crippen molar-refractivity contribution >= 4 is 60.3 Å². The fraction of sp³-hybridized carbons (Fsp3) is 0.269.